The van der Waals surface area contributed by atoms with E-state index in [0.717, 1.165) is 5.75 Å². The minimum Gasteiger partial charge on any atom is -0.336 e. The van der Waals surface area contributed by atoms with Crippen LogP contribution in [0.5, 0.6) is 0 Å². The second-order valence-corrected chi connectivity index (χ2v) is 7.80. The average Bonchev–Trinajstić information content (AvgIpc) is 3.04. The lowest BCUT2D eigenvalue weighted by Crippen LogP contribution is -2.36. The first-order valence-corrected chi connectivity index (χ1v) is 9.84. The fourth-order valence-electron chi connectivity index (χ4n) is 1.84. The molecule has 0 unspecified atom stereocenters. The zero-order chi connectivity index (χ0) is 17.5. The van der Waals surface area contributed by atoms with Gasteiger partial charge in [-0.15, -0.1) is 23.1 Å². The summed E-state index contributed by atoms with van der Waals surface area (Å²) in [5.41, 5.74) is 0.360. The lowest BCUT2D eigenvalue weighted by Gasteiger charge is -2.17. The first-order chi connectivity index (χ1) is 11.5. The summed E-state index contributed by atoms with van der Waals surface area (Å²) in [5.74, 6) is 0.675. The van der Waals surface area contributed by atoms with Crippen LogP contribution in [0.4, 0.5) is 5.69 Å². The maximum Gasteiger partial charge on any atom is 0.244 e. The van der Waals surface area contributed by atoms with Crippen molar-refractivity contribution < 1.29 is 9.59 Å². The van der Waals surface area contributed by atoms with Crippen molar-refractivity contribution in [2.75, 3.05) is 24.7 Å². The molecule has 2 aromatic rings. The number of halogens is 2. The van der Waals surface area contributed by atoms with Gasteiger partial charge in [0.25, 0.3) is 0 Å². The molecule has 1 heterocycles. The molecule has 1 aromatic carbocycles. The van der Waals surface area contributed by atoms with Crippen molar-refractivity contribution in [1.29, 1.82) is 0 Å². The number of rotatable bonds is 7. The summed E-state index contributed by atoms with van der Waals surface area (Å²) in [7, 11) is 1.60. The summed E-state index contributed by atoms with van der Waals surface area (Å²) in [4.78, 5) is 26.7. The highest BCUT2D eigenvalue weighted by atomic mass is 35.5. The number of para-hydroxylation sites is 1. The van der Waals surface area contributed by atoms with Crippen molar-refractivity contribution >= 4 is 63.8 Å². The Morgan fingerprint density at radius 1 is 1.21 bits per heavy atom. The molecule has 0 saturated carbocycles. The number of anilines is 1. The SMILES string of the molecule is CN(CC(=O)Nc1c(Cl)cccc1Cl)C(=O)CSCc1cccs1. The molecule has 0 spiro atoms. The Morgan fingerprint density at radius 2 is 1.92 bits per heavy atom. The second-order valence-electron chi connectivity index (χ2n) is 4.97. The molecule has 4 nitrogen and oxygen atoms in total. The molecule has 0 fully saturated rings. The first-order valence-electron chi connectivity index (χ1n) is 7.05. The molecule has 2 rings (SSSR count). The van der Waals surface area contributed by atoms with E-state index in [1.165, 1.54) is 21.5 Å². The molecule has 0 aliphatic rings. The number of carbonyl (C=O) groups is 2. The van der Waals surface area contributed by atoms with Gasteiger partial charge < -0.3 is 10.2 Å². The Morgan fingerprint density at radius 3 is 2.54 bits per heavy atom. The van der Waals surface area contributed by atoms with E-state index in [1.54, 1.807) is 36.6 Å². The van der Waals surface area contributed by atoms with Gasteiger partial charge in [-0.25, -0.2) is 0 Å². The number of nitrogens with zero attached hydrogens (tertiary/aromatic N) is 1. The number of carbonyl (C=O) groups excluding carboxylic acids is 2. The van der Waals surface area contributed by atoms with Gasteiger partial charge in [0.2, 0.25) is 11.8 Å². The van der Waals surface area contributed by atoms with Gasteiger partial charge in [0, 0.05) is 17.7 Å². The van der Waals surface area contributed by atoms with Crippen LogP contribution < -0.4 is 5.32 Å². The quantitative estimate of drug-likeness (QED) is 0.746. The smallest absolute Gasteiger partial charge is 0.244 e. The highest BCUT2D eigenvalue weighted by Gasteiger charge is 2.15. The Balaban J connectivity index is 1.79. The zero-order valence-electron chi connectivity index (χ0n) is 12.9. The number of thioether (sulfide) groups is 1. The molecule has 8 heteroatoms. The number of amides is 2. The molecule has 0 radical (unpaired) electrons. The summed E-state index contributed by atoms with van der Waals surface area (Å²) in [6.07, 6.45) is 0. The van der Waals surface area contributed by atoms with E-state index in [4.69, 9.17) is 23.2 Å². The molecule has 1 aromatic heterocycles. The van der Waals surface area contributed by atoms with E-state index < -0.39 is 0 Å². The number of nitrogens with one attached hydrogen (secondary N) is 1. The molecule has 2 amide bonds. The maximum atomic E-state index is 12.1. The minimum atomic E-state index is -0.343. The van der Waals surface area contributed by atoms with Crippen LogP contribution in [-0.2, 0) is 15.3 Å². The van der Waals surface area contributed by atoms with Gasteiger partial charge in [0.05, 0.1) is 28.0 Å². The zero-order valence-corrected chi connectivity index (χ0v) is 16.1. The van der Waals surface area contributed by atoms with Crippen LogP contribution >= 0.6 is 46.3 Å². The third-order valence-corrected chi connectivity index (χ3v) is 5.74. The fourth-order valence-corrected chi connectivity index (χ4v) is 4.14. The van der Waals surface area contributed by atoms with Crippen LogP contribution in [0.1, 0.15) is 4.88 Å². The summed E-state index contributed by atoms with van der Waals surface area (Å²) in [6.45, 7) is -0.0556. The summed E-state index contributed by atoms with van der Waals surface area (Å²) in [5, 5.41) is 5.36. The number of likely N-dealkylation sites (N-methyl/N-ethyl adjacent to an activating group) is 1. The molecule has 0 atom stereocenters. The van der Waals surface area contributed by atoms with Gasteiger partial charge in [-0.1, -0.05) is 35.3 Å². The highest BCUT2D eigenvalue weighted by molar-refractivity contribution is 7.99. The van der Waals surface area contributed by atoms with E-state index in [1.807, 2.05) is 17.5 Å². The van der Waals surface area contributed by atoms with Gasteiger partial charge >= 0.3 is 0 Å². The fraction of sp³-hybridized carbons (Fsp3) is 0.250. The normalized spacial score (nSPS) is 10.5. The summed E-state index contributed by atoms with van der Waals surface area (Å²) < 4.78 is 0. The van der Waals surface area contributed by atoms with Crippen LogP contribution in [0, 0.1) is 0 Å². The molecule has 0 aliphatic heterocycles. The minimum absolute atomic E-state index is 0.0556. The van der Waals surface area contributed by atoms with E-state index in [2.05, 4.69) is 5.32 Å². The standard InChI is InChI=1S/C16H16Cl2N2O2S2/c1-20(15(22)10-23-9-11-4-3-7-24-11)8-14(21)19-16-12(17)5-2-6-13(16)18/h2-7H,8-10H2,1H3,(H,19,21). The average molecular weight is 403 g/mol. The van der Waals surface area contributed by atoms with Crippen LogP contribution in [0.2, 0.25) is 10.0 Å². The molecule has 128 valence electrons. The molecule has 1 N–H and O–H groups in total. The third kappa shape index (κ3) is 5.70. The highest BCUT2D eigenvalue weighted by Crippen LogP contribution is 2.29. The number of hydrogen-bond acceptors (Lipinski definition) is 4. The Bertz CT molecular complexity index is 688. The topological polar surface area (TPSA) is 49.4 Å². The summed E-state index contributed by atoms with van der Waals surface area (Å²) >= 11 is 15.2. The summed E-state index contributed by atoms with van der Waals surface area (Å²) in [6, 6.07) is 8.99. The first kappa shape index (κ1) is 19.1. The van der Waals surface area contributed by atoms with Gasteiger partial charge in [0.15, 0.2) is 0 Å². The number of hydrogen-bond donors (Lipinski definition) is 1. The van der Waals surface area contributed by atoms with Crippen molar-refractivity contribution in [3.63, 3.8) is 0 Å². The Kier molecular flexibility index (Phi) is 7.42. The van der Waals surface area contributed by atoms with E-state index in [-0.39, 0.29) is 18.4 Å². The molecule has 0 bridgehead atoms. The molecular weight excluding hydrogens is 387 g/mol. The van der Waals surface area contributed by atoms with Crippen molar-refractivity contribution in [3.8, 4) is 0 Å². The van der Waals surface area contributed by atoms with Gasteiger partial charge in [-0.2, -0.15) is 0 Å². The van der Waals surface area contributed by atoms with Gasteiger partial charge in [0.1, 0.15) is 0 Å². The van der Waals surface area contributed by atoms with Gasteiger partial charge in [-0.05, 0) is 23.6 Å². The van der Waals surface area contributed by atoms with Crippen LogP contribution in [-0.4, -0.2) is 36.1 Å². The predicted octanol–water partition coefficient (Wildman–Crippen LogP) is 4.39. The lowest BCUT2D eigenvalue weighted by atomic mass is 10.3. The van der Waals surface area contributed by atoms with Crippen molar-refractivity contribution in [2.24, 2.45) is 0 Å². The van der Waals surface area contributed by atoms with E-state index in [0.29, 0.717) is 21.5 Å². The van der Waals surface area contributed by atoms with Crippen LogP contribution in [0.25, 0.3) is 0 Å². The van der Waals surface area contributed by atoms with E-state index >= 15 is 0 Å². The van der Waals surface area contributed by atoms with Crippen molar-refractivity contribution in [2.45, 2.75) is 5.75 Å². The van der Waals surface area contributed by atoms with Crippen LogP contribution in [0.3, 0.4) is 0 Å². The predicted molar refractivity (Wildman–Crippen MR) is 103 cm³/mol. The largest absolute Gasteiger partial charge is 0.336 e. The van der Waals surface area contributed by atoms with Crippen molar-refractivity contribution in [3.05, 3.63) is 50.6 Å². The molecule has 0 saturated heterocycles. The van der Waals surface area contributed by atoms with Crippen molar-refractivity contribution in [1.82, 2.24) is 4.90 Å². The third-order valence-electron chi connectivity index (χ3n) is 3.08. The molecule has 0 aliphatic carbocycles. The maximum absolute atomic E-state index is 12.1. The lowest BCUT2D eigenvalue weighted by molar-refractivity contribution is -0.131. The molecular formula is C16H16Cl2N2O2S2. The van der Waals surface area contributed by atoms with Gasteiger partial charge in [-0.3, -0.25) is 9.59 Å². The number of thiophene rings is 1. The van der Waals surface area contributed by atoms with Crippen LogP contribution in [0.15, 0.2) is 35.7 Å². The Hall–Kier alpha value is -1.21. The second kappa shape index (κ2) is 9.32. The monoisotopic (exact) mass is 402 g/mol. The van der Waals surface area contributed by atoms with E-state index in [9.17, 15) is 9.59 Å². The number of benzene rings is 1. The Labute approximate surface area is 159 Å². The molecule has 24 heavy (non-hydrogen) atoms.